The first kappa shape index (κ1) is 17.7. The summed E-state index contributed by atoms with van der Waals surface area (Å²) in [4.78, 5) is 25.0. The van der Waals surface area contributed by atoms with Crippen LogP contribution in [0.25, 0.3) is 11.4 Å². The molecular weight excluding hydrogens is 328 g/mol. The zero-order chi connectivity index (χ0) is 18.5. The predicted octanol–water partition coefficient (Wildman–Crippen LogP) is 3.90. The van der Waals surface area contributed by atoms with Gasteiger partial charge in [-0.2, -0.15) is 0 Å². The van der Waals surface area contributed by atoms with Crippen LogP contribution in [-0.4, -0.2) is 15.3 Å². The van der Waals surface area contributed by atoms with Crippen molar-refractivity contribution in [3.8, 4) is 17.3 Å². The van der Waals surface area contributed by atoms with Crippen LogP contribution >= 0.6 is 0 Å². The van der Waals surface area contributed by atoms with Crippen molar-refractivity contribution in [3.63, 3.8) is 0 Å². The molecule has 0 aliphatic rings. The maximum absolute atomic E-state index is 13.2. The molecule has 0 fully saturated rings. The summed E-state index contributed by atoms with van der Waals surface area (Å²) in [6.07, 6.45) is 2.35. The number of hydrogen-bond acceptors (Lipinski definition) is 3. The first-order valence-corrected chi connectivity index (χ1v) is 8.79. The van der Waals surface area contributed by atoms with Crippen molar-refractivity contribution in [1.29, 1.82) is 0 Å². The van der Waals surface area contributed by atoms with E-state index < -0.39 is 5.97 Å². The van der Waals surface area contributed by atoms with Crippen molar-refractivity contribution in [1.82, 2.24) is 9.36 Å². The number of ether oxygens (including phenoxy) is 1. The van der Waals surface area contributed by atoms with Crippen LogP contribution in [0.3, 0.4) is 0 Å². The van der Waals surface area contributed by atoms with E-state index in [9.17, 15) is 9.59 Å². The minimum atomic E-state index is -0.447. The van der Waals surface area contributed by atoms with Crippen LogP contribution in [0.4, 0.5) is 0 Å². The summed E-state index contributed by atoms with van der Waals surface area (Å²) in [6, 6.07) is 18.8. The number of rotatable bonds is 6. The topological polar surface area (TPSA) is 53.2 Å². The Hall–Kier alpha value is -3.08. The quantitative estimate of drug-likeness (QED) is 0.634. The standard InChI is InChI=1S/C21H22N2O3/c1-3-4-15-19-20(25)22(17-11-7-5-8-12-17)23(21(19)26-16(2)24)18-13-9-6-10-14-18/h5-14H,3-4,15H2,1-2H3. The summed E-state index contributed by atoms with van der Waals surface area (Å²) in [5.74, 6) is -0.149. The second-order valence-corrected chi connectivity index (χ2v) is 6.08. The number of nitrogens with zero attached hydrogens (tertiary/aromatic N) is 2. The number of hydrogen-bond donors (Lipinski definition) is 0. The van der Waals surface area contributed by atoms with Gasteiger partial charge in [0.2, 0.25) is 5.88 Å². The maximum atomic E-state index is 13.2. The molecule has 0 unspecified atom stereocenters. The highest BCUT2D eigenvalue weighted by Crippen LogP contribution is 2.25. The number of esters is 1. The molecule has 5 nitrogen and oxygen atoms in total. The molecule has 0 spiro atoms. The lowest BCUT2D eigenvalue weighted by Crippen LogP contribution is -2.21. The first-order chi connectivity index (χ1) is 12.6. The summed E-state index contributed by atoms with van der Waals surface area (Å²) in [6.45, 7) is 3.42. The highest BCUT2D eigenvalue weighted by Gasteiger charge is 2.24. The van der Waals surface area contributed by atoms with Gasteiger partial charge in [0.1, 0.15) is 0 Å². The Morgan fingerprint density at radius 1 is 0.923 bits per heavy atom. The lowest BCUT2D eigenvalue weighted by atomic mass is 10.1. The van der Waals surface area contributed by atoms with E-state index in [4.69, 9.17) is 4.74 Å². The van der Waals surface area contributed by atoms with Crippen LogP contribution in [0.5, 0.6) is 5.88 Å². The molecule has 3 rings (SSSR count). The van der Waals surface area contributed by atoms with Crippen molar-refractivity contribution in [2.24, 2.45) is 0 Å². The lowest BCUT2D eigenvalue weighted by molar-refractivity contribution is -0.132. The van der Waals surface area contributed by atoms with Gasteiger partial charge in [0, 0.05) is 6.92 Å². The Morgan fingerprint density at radius 3 is 1.96 bits per heavy atom. The van der Waals surface area contributed by atoms with E-state index in [0.29, 0.717) is 17.9 Å². The fourth-order valence-electron chi connectivity index (χ4n) is 2.94. The molecule has 0 aliphatic heterocycles. The van der Waals surface area contributed by atoms with Crippen LogP contribution in [0, 0.1) is 0 Å². The normalized spacial score (nSPS) is 10.7. The fraction of sp³-hybridized carbons (Fsp3) is 0.238. The van der Waals surface area contributed by atoms with Gasteiger partial charge >= 0.3 is 5.97 Å². The van der Waals surface area contributed by atoms with E-state index >= 15 is 0 Å². The molecule has 26 heavy (non-hydrogen) atoms. The molecule has 2 aromatic carbocycles. The number of carbonyl (C=O) groups is 1. The number of para-hydroxylation sites is 2. The third kappa shape index (κ3) is 3.47. The summed E-state index contributed by atoms with van der Waals surface area (Å²) in [5, 5.41) is 0. The van der Waals surface area contributed by atoms with Gasteiger partial charge in [0.05, 0.1) is 16.9 Å². The van der Waals surface area contributed by atoms with Crippen LogP contribution < -0.4 is 10.3 Å². The van der Waals surface area contributed by atoms with Gasteiger partial charge in [-0.15, -0.1) is 0 Å². The summed E-state index contributed by atoms with van der Waals surface area (Å²) in [5.41, 5.74) is 1.84. The summed E-state index contributed by atoms with van der Waals surface area (Å²) in [7, 11) is 0. The molecule has 3 aromatic rings. The van der Waals surface area contributed by atoms with Gasteiger partial charge in [0.15, 0.2) is 0 Å². The average Bonchev–Trinajstić information content (AvgIpc) is 2.92. The van der Waals surface area contributed by atoms with Gasteiger partial charge in [-0.25, -0.2) is 9.36 Å². The van der Waals surface area contributed by atoms with E-state index in [0.717, 1.165) is 24.2 Å². The number of aromatic nitrogens is 2. The van der Waals surface area contributed by atoms with E-state index in [-0.39, 0.29) is 5.56 Å². The van der Waals surface area contributed by atoms with Gasteiger partial charge in [-0.1, -0.05) is 49.7 Å². The second kappa shape index (κ2) is 7.87. The number of carbonyl (C=O) groups excluding carboxylic acids is 1. The molecule has 134 valence electrons. The second-order valence-electron chi connectivity index (χ2n) is 6.08. The Labute approximate surface area is 152 Å². The molecule has 1 heterocycles. The molecule has 0 N–H and O–H groups in total. The van der Waals surface area contributed by atoms with Gasteiger partial charge in [-0.3, -0.25) is 9.59 Å². The SMILES string of the molecule is CCCCc1c(OC(C)=O)n(-c2ccccc2)n(-c2ccccc2)c1=O. The Morgan fingerprint density at radius 2 is 1.46 bits per heavy atom. The fourth-order valence-corrected chi connectivity index (χ4v) is 2.94. The van der Waals surface area contributed by atoms with E-state index in [1.54, 1.807) is 9.36 Å². The molecule has 0 saturated heterocycles. The van der Waals surface area contributed by atoms with Crippen molar-refractivity contribution >= 4 is 5.97 Å². The zero-order valence-corrected chi connectivity index (χ0v) is 15.0. The summed E-state index contributed by atoms with van der Waals surface area (Å²) < 4.78 is 8.77. The Bertz CT molecular complexity index is 941. The monoisotopic (exact) mass is 350 g/mol. The van der Waals surface area contributed by atoms with Crippen molar-refractivity contribution in [3.05, 3.63) is 76.6 Å². The highest BCUT2D eigenvalue weighted by atomic mass is 16.5. The average molecular weight is 350 g/mol. The lowest BCUT2D eigenvalue weighted by Gasteiger charge is -2.14. The largest absolute Gasteiger partial charge is 0.407 e. The molecule has 1 aromatic heterocycles. The van der Waals surface area contributed by atoms with E-state index in [1.165, 1.54) is 6.92 Å². The van der Waals surface area contributed by atoms with E-state index in [1.807, 2.05) is 60.7 Å². The third-order valence-electron chi connectivity index (χ3n) is 4.12. The smallest absolute Gasteiger partial charge is 0.309 e. The molecule has 0 bridgehead atoms. The van der Waals surface area contributed by atoms with Crippen molar-refractivity contribution in [2.75, 3.05) is 0 Å². The number of benzene rings is 2. The predicted molar refractivity (Wildman–Crippen MR) is 101 cm³/mol. The molecule has 0 radical (unpaired) electrons. The van der Waals surface area contributed by atoms with E-state index in [2.05, 4.69) is 6.92 Å². The van der Waals surface area contributed by atoms with Crippen molar-refractivity contribution < 1.29 is 9.53 Å². The first-order valence-electron chi connectivity index (χ1n) is 8.79. The van der Waals surface area contributed by atoms with Crippen LogP contribution in [0.15, 0.2) is 65.5 Å². The third-order valence-corrected chi connectivity index (χ3v) is 4.12. The molecule has 5 heteroatoms. The minimum absolute atomic E-state index is 0.162. The maximum Gasteiger partial charge on any atom is 0.309 e. The number of unbranched alkanes of at least 4 members (excludes halogenated alkanes) is 1. The molecule has 0 aliphatic carbocycles. The van der Waals surface area contributed by atoms with Gasteiger partial charge in [-0.05, 0) is 37.1 Å². The summed E-state index contributed by atoms with van der Waals surface area (Å²) >= 11 is 0. The Balaban J connectivity index is 2.33. The van der Waals surface area contributed by atoms with Gasteiger partial charge < -0.3 is 4.74 Å². The van der Waals surface area contributed by atoms with Crippen LogP contribution in [0.2, 0.25) is 0 Å². The van der Waals surface area contributed by atoms with Crippen molar-refractivity contribution in [2.45, 2.75) is 33.1 Å². The highest BCUT2D eigenvalue weighted by molar-refractivity contribution is 5.69. The molecule has 0 amide bonds. The van der Waals surface area contributed by atoms with Crippen LogP contribution in [0.1, 0.15) is 32.3 Å². The van der Waals surface area contributed by atoms with Gasteiger partial charge in [0.25, 0.3) is 5.56 Å². The van der Waals surface area contributed by atoms with Crippen LogP contribution in [-0.2, 0) is 11.2 Å². The molecule has 0 atom stereocenters. The zero-order valence-electron chi connectivity index (χ0n) is 15.0. The molecular formula is C21H22N2O3. The molecule has 0 saturated carbocycles. The minimum Gasteiger partial charge on any atom is -0.407 e. The Kier molecular flexibility index (Phi) is 5.37.